The molecular formula is C45H87NO4. The highest BCUT2D eigenvalue weighted by Gasteiger charge is 2.17. The average molecular weight is 706 g/mol. The number of rotatable bonds is 9. The van der Waals surface area contributed by atoms with Crippen molar-refractivity contribution in [2.75, 3.05) is 33.4 Å². The van der Waals surface area contributed by atoms with Crippen molar-refractivity contribution in [2.45, 2.75) is 226 Å². The van der Waals surface area contributed by atoms with Crippen molar-refractivity contribution in [1.29, 1.82) is 0 Å². The smallest absolute Gasteiger partial charge is 0.306 e. The minimum absolute atomic E-state index is 0.0212. The van der Waals surface area contributed by atoms with E-state index in [1.807, 2.05) is 0 Å². The van der Waals surface area contributed by atoms with Gasteiger partial charge in [0.2, 0.25) is 0 Å². The Morgan fingerprint density at radius 3 is 1.14 bits per heavy atom. The number of unbranched alkanes of at least 4 members (excludes halogenated alkanes) is 2. The number of carbonyl (C=O) groups is 2. The number of ether oxygens (including phenoxy) is 2. The van der Waals surface area contributed by atoms with Crippen molar-refractivity contribution in [3.05, 3.63) is 0 Å². The third-order valence-electron chi connectivity index (χ3n) is 11.5. The van der Waals surface area contributed by atoms with Crippen LogP contribution in [0.5, 0.6) is 0 Å². The Morgan fingerprint density at radius 1 is 0.480 bits per heavy atom. The third kappa shape index (κ3) is 29.5. The predicted molar refractivity (Wildman–Crippen MR) is 215 cm³/mol. The molecule has 0 N–H and O–H groups in total. The molecule has 0 spiro atoms. The zero-order valence-corrected chi connectivity index (χ0v) is 34.3. The number of hydrogen-bond acceptors (Lipinski definition) is 5. The van der Waals surface area contributed by atoms with Crippen molar-refractivity contribution in [3.63, 3.8) is 0 Å². The molecule has 1 heterocycles. The van der Waals surface area contributed by atoms with Gasteiger partial charge in [-0.2, -0.15) is 0 Å². The summed E-state index contributed by atoms with van der Waals surface area (Å²) in [6.07, 6.45) is 38.6. The summed E-state index contributed by atoms with van der Waals surface area (Å²) < 4.78 is 11.4. The summed E-state index contributed by atoms with van der Waals surface area (Å²) in [6.45, 7) is 10.4. The molecule has 1 aliphatic rings. The maximum absolute atomic E-state index is 12.7. The molecule has 0 amide bonds. The molecule has 0 radical (unpaired) electrons. The quantitative estimate of drug-likeness (QED) is 0.224. The molecule has 1 aliphatic heterocycles. The summed E-state index contributed by atoms with van der Waals surface area (Å²) in [5.74, 6) is 1.82. The number of nitrogens with zero attached hydrogens (tertiary/aromatic N) is 1. The minimum Gasteiger partial charge on any atom is -0.466 e. The average Bonchev–Trinajstić information content (AvgIpc) is 3.11. The zero-order chi connectivity index (χ0) is 36.3. The van der Waals surface area contributed by atoms with Crippen molar-refractivity contribution in [3.8, 4) is 0 Å². The van der Waals surface area contributed by atoms with Gasteiger partial charge in [-0.15, -0.1) is 0 Å². The van der Waals surface area contributed by atoms with E-state index in [-0.39, 0.29) is 11.9 Å². The first-order valence-corrected chi connectivity index (χ1v) is 22.5. The molecular weight excluding hydrogens is 618 g/mol. The standard InChI is InChI=1S/C45H87NO4/c1-5-8-30-41-32-24-20-21-25-33-42(31-9-6-2)39-45(48)50-37-29-23-17-13-11-15-19-27-35-43(40-46(4)7-3)34-26-18-14-10-12-16-22-28-36-49-44(47)38-41/h41-43H,5-40H2,1-4H3. The lowest BCUT2D eigenvalue weighted by atomic mass is 9.90. The molecule has 5 nitrogen and oxygen atoms in total. The molecule has 0 saturated carbocycles. The molecule has 0 aromatic carbocycles. The molecule has 2 unspecified atom stereocenters. The largest absolute Gasteiger partial charge is 0.466 e. The van der Waals surface area contributed by atoms with Crippen LogP contribution in [0.1, 0.15) is 226 Å². The number of cyclic esters (lactones) is 2. The van der Waals surface area contributed by atoms with Crippen molar-refractivity contribution >= 4 is 11.9 Å². The van der Waals surface area contributed by atoms with E-state index < -0.39 is 0 Å². The number of hydrogen-bond donors (Lipinski definition) is 0. The van der Waals surface area contributed by atoms with E-state index in [4.69, 9.17) is 9.47 Å². The highest BCUT2D eigenvalue weighted by atomic mass is 16.5. The Labute approximate surface area is 312 Å². The maximum atomic E-state index is 12.7. The second kappa shape index (κ2) is 35.0. The molecule has 0 bridgehead atoms. The van der Waals surface area contributed by atoms with Gasteiger partial charge in [-0.1, -0.05) is 162 Å². The lowest BCUT2D eigenvalue weighted by Crippen LogP contribution is -2.25. The van der Waals surface area contributed by atoms with Gasteiger partial charge in [0.05, 0.1) is 13.2 Å². The Hall–Kier alpha value is -1.10. The molecule has 1 saturated heterocycles. The van der Waals surface area contributed by atoms with Crippen LogP contribution in [0.25, 0.3) is 0 Å². The van der Waals surface area contributed by atoms with Crippen LogP contribution >= 0.6 is 0 Å². The molecule has 1 rings (SSSR count). The lowest BCUT2D eigenvalue weighted by Gasteiger charge is -2.23. The van der Waals surface area contributed by atoms with E-state index in [0.29, 0.717) is 37.9 Å². The molecule has 2 atom stereocenters. The second-order valence-corrected chi connectivity index (χ2v) is 16.3. The summed E-state index contributed by atoms with van der Waals surface area (Å²) in [7, 11) is 2.28. The van der Waals surface area contributed by atoms with Gasteiger partial charge in [0.15, 0.2) is 0 Å². The van der Waals surface area contributed by atoms with Crippen LogP contribution in [-0.4, -0.2) is 50.2 Å². The topological polar surface area (TPSA) is 55.8 Å². The molecule has 1 fully saturated rings. The number of carbonyl (C=O) groups excluding carboxylic acids is 2. The summed E-state index contributed by atoms with van der Waals surface area (Å²) in [6, 6.07) is 0. The van der Waals surface area contributed by atoms with Crippen LogP contribution in [0.3, 0.4) is 0 Å². The molecule has 0 aromatic heterocycles. The SMILES string of the molecule is CCCCC1CCCCCCC(CCCC)CC(=O)OCCCCCCCCCCC(CN(C)CC)CCCCCCCCCCOC(=O)C1. The fourth-order valence-electron chi connectivity index (χ4n) is 7.95. The minimum atomic E-state index is 0.0212. The Bertz CT molecular complexity index is 701. The van der Waals surface area contributed by atoms with E-state index in [1.54, 1.807) is 0 Å². The second-order valence-electron chi connectivity index (χ2n) is 16.3. The van der Waals surface area contributed by atoms with Crippen LogP contribution in [-0.2, 0) is 19.1 Å². The van der Waals surface area contributed by atoms with Crippen LogP contribution in [0, 0.1) is 17.8 Å². The Morgan fingerprint density at radius 2 is 0.800 bits per heavy atom. The van der Waals surface area contributed by atoms with Crippen molar-refractivity contribution in [2.24, 2.45) is 17.8 Å². The first-order valence-electron chi connectivity index (χ1n) is 22.5. The molecule has 50 heavy (non-hydrogen) atoms. The van der Waals surface area contributed by atoms with Gasteiger partial charge in [0.1, 0.15) is 0 Å². The normalized spacial score (nSPS) is 24.8. The van der Waals surface area contributed by atoms with Gasteiger partial charge in [0.25, 0.3) is 0 Å². The lowest BCUT2D eigenvalue weighted by molar-refractivity contribution is -0.146. The molecule has 296 valence electrons. The van der Waals surface area contributed by atoms with E-state index in [1.165, 1.54) is 161 Å². The predicted octanol–water partition coefficient (Wildman–Crippen LogP) is 13.4. The van der Waals surface area contributed by atoms with Gasteiger partial charge in [-0.3, -0.25) is 9.59 Å². The van der Waals surface area contributed by atoms with E-state index in [2.05, 4.69) is 32.7 Å². The first kappa shape index (κ1) is 46.9. The summed E-state index contributed by atoms with van der Waals surface area (Å²) in [5.41, 5.74) is 0. The van der Waals surface area contributed by atoms with E-state index in [9.17, 15) is 9.59 Å². The fraction of sp³-hybridized carbons (Fsp3) is 0.956. The molecule has 0 aromatic rings. The van der Waals surface area contributed by atoms with E-state index in [0.717, 1.165) is 51.0 Å². The zero-order valence-electron chi connectivity index (χ0n) is 34.3. The van der Waals surface area contributed by atoms with E-state index >= 15 is 0 Å². The van der Waals surface area contributed by atoms with Gasteiger partial charge < -0.3 is 14.4 Å². The van der Waals surface area contributed by atoms with Crippen molar-refractivity contribution < 1.29 is 19.1 Å². The summed E-state index contributed by atoms with van der Waals surface area (Å²) in [5, 5.41) is 0. The Balaban J connectivity index is 2.57. The number of esters is 2. The van der Waals surface area contributed by atoms with Gasteiger partial charge in [-0.05, 0) is 82.7 Å². The van der Waals surface area contributed by atoms with Gasteiger partial charge >= 0.3 is 11.9 Å². The van der Waals surface area contributed by atoms with Gasteiger partial charge in [-0.25, -0.2) is 0 Å². The third-order valence-corrected chi connectivity index (χ3v) is 11.5. The fourth-order valence-corrected chi connectivity index (χ4v) is 7.95. The van der Waals surface area contributed by atoms with Gasteiger partial charge in [0, 0.05) is 19.4 Å². The molecule has 5 heteroatoms. The molecule has 0 aliphatic carbocycles. The van der Waals surface area contributed by atoms with Crippen LogP contribution < -0.4 is 0 Å². The summed E-state index contributed by atoms with van der Waals surface area (Å²) in [4.78, 5) is 27.9. The van der Waals surface area contributed by atoms with Crippen LogP contribution in [0.4, 0.5) is 0 Å². The maximum Gasteiger partial charge on any atom is 0.306 e. The first-order chi connectivity index (χ1) is 24.5. The summed E-state index contributed by atoms with van der Waals surface area (Å²) >= 11 is 0. The monoisotopic (exact) mass is 706 g/mol. The van der Waals surface area contributed by atoms with Crippen LogP contribution in [0.2, 0.25) is 0 Å². The van der Waals surface area contributed by atoms with Crippen LogP contribution in [0.15, 0.2) is 0 Å². The van der Waals surface area contributed by atoms with Crippen molar-refractivity contribution in [1.82, 2.24) is 4.90 Å². The highest BCUT2D eigenvalue weighted by molar-refractivity contribution is 5.70. The highest BCUT2D eigenvalue weighted by Crippen LogP contribution is 2.25. The Kier molecular flexibility index (Phi) is 32.8.